The van der Waals surface area contributed by atoms with Crippen LogP contribution in [0.3, 0.4) is 0 Å². The SMILES string of the molecule is O=C(NCCCS(=O)(=O)Cc1ccccc1)NC1CCS(=O)C1. The predicted octanol–water partition coefficient (Wildman–Crippen LogP) is 0.812. The maximum Gasteiger partial charge on any atom is 0.315 e. The molecule has 0 aromatic heterocycles. The molecule has 1 heterocycles. The van der Waals surface area contributed by atoms with Gasteiger partial charge in [-0.25, -0.2) is 13.2 Å². The first-order valence-corrected chi connectivity index (χ1v) is 10.9. The molecule has 2 N–H and O–H groups in total. The molecule has 2 atom stereocenters. The van der Waals surface area contributed by atoms with Crippen molar-refractivity contribution < 1.29 is 17.4 Å². The zero-order chi connectivity index (χ0) is 16.7. The van der Waals surface area contributed by atoms with Gasteiger partial charge < -0.3 is 10.6 Å². The van der Waals surface area contributed by atoms with Crippen molar-refractivity contribution in [2.45, 2.75) is 24.6 Å². The quantitative estimate of drug-likeness (QED) is 0.706. The molecule has 0 radical (unpaired) electrons. The summed E-state index contributed by atoms with van der Waals surface area (Å²) in [6.07, 6.45) is 1.10. The van der Waals surface area contributed by atoms with E-state index in [0.29, 0.717) is 24.5 Å². The minimum Gasteiger partial charge on any atom is -0.338 e. The normalized spacial score (nSPS) is 21.0. The van der Waals surface area contributed by atoms with E-state index >= 15 is 0 Å². The zero-order valence-corrected chi connectivity index (χ0v) is 14.5. The van der Waals surface area contributed by atoms with E-state index in [2.05, 4.69) is 10.6 Å². The molecule has 0 aliphatic carbocycles. The molecule has 0 saturated carbocycles. The third-order valence-corrected chi connectivity index (χ3v) is 6.71. The third kappa shape index (κ3) is 6.70. The summed E-state index contributed by atoms with van der Waals surface area (Å²) in [7, 11) is -4.00. The largest absolute Gasteiger partial charge is 0.338 e. The van der Waals surface area contributed by atoms with Crippen LogP contribution in [0.1, 0.15) is 18.4 Å². The number of sulfone groups is 1. The van der Waals surface area contributed by atoms with Crippen molar-refractivity contribution in [3.05, 3.63) is 35.9 Å². The van der Waals surface area contributed by atoms with Crippen LogP contribution in [0.15, 0.2) is 30.3 Å². The highest BCUT2D eigenvalue weighted by molar-refractivity contribution is 7.90. The van der Waals surface area contributed by atoms with Gasteiger partial charge in [0.15, 0.2) is 9.84 Å². The summed E-state index contributed by atoms with van der Waals surface area (Å²) in [5, 5.41) is 5.40. The van der Waals surface area contributed by atoms with Crippen LogP contribution in [0.2, 0.25) is 0 Å². The van der Waals surface area contributed by atoms with Gasteiger partial charge in [0.25, 0.3) is 0 Å². The van der Waals surface area contributed by atoms with E-state index in [1.807, 2.05) is 18.2 Å². The molecule has 8 heteroatoms. The summed E-state index contributed by atoms with van der Waals surface area (Å²) in [5.74, 6) is 1.19. The van der Waals surface area contributed by atoms with Crippen LogP contribution in [0.5, 0.6) is 0 Å². The Morgan fingerprint density at radius 3 is 2.65 bits per heavy atom. The number of urea groups is 1. The van der Waals surface area contributed by atoms with E-state index in [4.69, 9.17) is 0 Å². The molecule has 23 heavy (non-hydrogen) atoms. The van der Waals surface area contributed by atoms with E-state index in [-0.39, 0.29) is 23.6 Å². The van der Waals surface area contributed by atoms with Crippen LogP contribution >= 0.6 is 0 Å². The van der Waals surface area contributed by atoms with Crippen LogP contribution in [-0.4, -0.2) is 48.5 Å². The molecular formula is C15H22N2O4S2. The fourth-order valence-corrected chi connectivity index (χ4v) is 5.25. The lowest BCUT2D eigenvalue weighted by molar-refractivity contribution is 0.238. The topological polar surface area (TPSA) is 92.3 Å². The van der Waals surface area contributed by atoms with Crippen molar-refractivity contribution in [3.63, 3.8) is 0 Å². The molecule has 1 aliphatic heterocycles. The van der Waals surface area contributed by atoms with Gasteiger partial charge in [0.05, 0.1) is 11.5 Å². The molecule has 2 rings (SSSR count). The summed E-state index contributed by atoms with van der Waals surface area (Å²) in [6.45, 7) is 0.301. The summed E-state index contributed by atoms with van der Waals surface area (Å²) < 4.78 is 35.2. The highest BCUT2D eigenvalue weighted by Crippen LogP contribution is 2.08. The second kappa shape index (κ2) is 8.44. The fourth-order valence-electron chi connectivity index (χ4n) is 2.41. The number of hydrogen-bond acceptors (Lipinski definition) is 4. The first kappa shape index (κ1) is 17.9. The second-order valence-corrected chi connectivity index (χ2v) is 9.43. The molecule has 0 spiro atoms. The number of nitrogens with one attached hydrogen (secondary N) is 2. The summed E-state index contributed by atoms with van der Waals surface area (Å²) in [6, 6.07) is 8.67. The zero-order valence-electron chi connectivity index (χ0n) is 12.9. The molecule has 2 amide bonds. The number of benzene rings is 1. The number of amides is 2. The maximum absolute atomic E-state index is 12.0. The van der Waals surface area contributed by atoms with Crippen LogP contribution in [0.4, 0.5) is 4.79 Å². The first-order valence-electron chi connectivity index (χ1n) is 7.58. The highest BCUT2D eigenvalue weighted by atomic mass is 32.2. The van der Waals surface area contributed by atoms with Crippen LogP contribution in [0.25, 0.3) is 0 Å². The Labute approximate surface area is 139 Å². The molecule has 1 aromatic carbocycles. The Morgan fingerprint density at radius 2 is 2.00 bits per heavy atom. The van der Waals surface area contributed by atoms with Crippen LogP contribution in [0, 0.1) is 0 Å². The lowest BCUT2D eigenvalue weighted by Gasteiger charge is -2.12. The van der Waals surface area contributed by atoms with Crippen molar-refractivity contribution in [2.24, 2.45) is 0 Å². The lowest BCUT2D eigenvalue weighted by Crippen LogP contribution is -2.43. The second-order valence-electron chi connectivity index (χ2n) is 5.63. The van der Waals surface area contributed by atoms with Gasteiger partial charge in [-0.05, 0) is 18.4 Å². The van der Waals surface area contributed by atoms with Crippen molar-refractivity contribution in [3.8, 4) is 0 Å². The lowest BCUT2D eigenvalue weighted by atomic mass is 10.2. The average molecular weight is 358 g/mol. The van der Waals surface area contributed by atoms with Gasteiger partial charge in [0.2, 0.25) is 0 Å². The minimum atomic E-state index is -3.17. The van der Waals surface area contributed by atoms with E-state index < -0.39 is 20.6 Å². The Morgan fingerprint density at radius 1 is 1.26 bits per heavy atom. The summed E-state index contributed by atoms with van der Waals surface area (Å²) >= 11 is 0. The van der Waals surface area contributed by atoms with Gasteiger partial charge in [0, 0.05) is 34.9 Å². The van der Waals surface area contributed by atoms with Gasteiger partial charge in [-0.15, -0.1) is 0 Å². The summed E-state index contributed by atoms with van der Waals surface area (Å²) in [4.78, 5) is 11.7. The number of rotatable bonds is 7. The van der Waals surface area contributed by atoms with Crippen molar-refractivity contribution in [1.82, 2.24) is 10.6 Å². The molecule has 1 aromatic rings. The smallest absolute Gasteiger partial charge is 0.315 e. The van der Waals surface area contributed by atoms with Gasteiger partial charge in [-0.1, -0.05) is 30.3 Å². The van der Waals surface area contributed by atoms with Gasteiger partial charge >= 0.3 is 6.03 Å². The Bertz CT molecular complexity index is 647. The molecule has 1 saturated heterocycles. The Kier molecular flexibility index (Phi) is 6.59. The standard InChI is InChI=1S/C15H22N2O4S2/c18-15(17-14-7-9-22(19)11-14)16-8-4-10-23(20,21)12-13-5-2-1-3-6-13/h1-3,5-6,14H,4,7-12H2,(H2,16,17,18). The third-order valence-electron chi connectivity index (χ3n) is 3.56. The van der Waals surface area contributed by atoms with E-state index in [0.717, 1.165) is 12.0 Å². The average Bonchev–Trinajstić information content (AvgIpc) is 2.89. The maximum atomic E-state index is 12.0. The van der Waals surface area contributed by atoms with Crippen molar-refractivity contribution in [1.29, 1.82) is 0 Å². The fraction of sp³-hybridized carbons (Fsp3) is 0.533. The number of hydrogen-bond donors (Lipinski definition) is 2. The molecule has 6 nitrogen and oxygen atoms in total. The highest BCUT2D eigenvalue weighted by Gasteiger charge is 2.22. The van der Waals surface area contributed by atoms with Crippen LogP contribution in [-0.2, 0) is 26.4 Å². The molecule has 128 valence electrons. The molecule has 0 bridgehead atoms. The first-order chi connectivity index (χ1) is 10.9. The predicted molar refractivity (Wildman–Crippen MR) is 91.4 cm³/mol. The molecule has 1 aliphatic rings. The van der Waals surface area contributed by atoms with E-state index in [1.54, 1.807) is 12.1 Å². The number of carbonyl (C=O) groups excluding carboxylic acids is 1. The van der Waals surface area contributed by atoms with Gasteiger partial charge in [-0.3, -0.25) is 4.21 Å². The van der Waals surface area contributed by atoms with Crippen molar-refractivity contribution >= 4 is 26.7 Å². The Balaban J connectivity index is 1.64. The van der Waals surface area contributed by atoms with Crippen LogP contribution < -0.4 is 10.6 Å². The monoisotopic (exact) mass is 358 g/mol. The minimum absolute atomic E-state index is 0.0218. The van der Waals surface area contributed by atoms with E-state index in [1.165, 1.54) is 0 Å². The summed E-state index contributed by atoms with van der Waals surface area (Å²) in [5.41, 5.74) is 0.771. The molecule has 2 unspecified atom stereocenters. The van der Waals surface area contributed by atoms with Gasteiger partial charge in [0.1, 0.15) is 0 Å². The Hall–Kier alpha value is -1.41. The number of carbonyl (C=O) groups is 1. The van der Waals surface area contributed by atoms with Crippen molar-refractivity contribution in [2.75, 3.05) is 23.8 Å². The van der Waals surface area contributed by atoms with Gasteiger partial charge in [-0.2, -0.15) is 0 Å². The van der Waals surface area contributed by atoms with E-state index in [9.17, 15) is 17.4 Å². The molecular weight excluding hydrogens is 336 g/mol. The molecule has 1 fully saturated rings.